The van der Waals surface area contributed by atoms with E-state index in [4.69, 9.17) is 0 Å². The van der Waals surface area contributed by atoms with Crippen molar-refractivity contribution in [1.82, 2.24) is 0 Å². The molecule has 0 N–H and O–H groups in total. The molecule has 0 bridgehead atoms. The quantitative estimate of drug-likeness (QED) is 0.305. The monoisotopic (exact) mass is 520 g/mol. The molecule has 0 nitrogen and oxygen atoms in total. The third-order valence-corrected chi connectivity index (χ3v) is 13.0. The van der Waals surface area contributed by atoms with Gasteiger partial charge in [-0.3, -0.25) is 0 Å². The van der Waals surface area contributed by atoms with Crippen molar-refractivity contribution >= 4 is 23.5 Å². The fourth-order valence-corrected chi connectivity index (χ4v) is 10.7. The Morgan fingerprint density at radius 1 is 0.667 bits per heavy atom. The molecule has 5 rings (SSSR count). The Hall–Kier alpha value is -0.860. The van der Waals surface area contributed by atoms with Crippen LogP contribution in [0.3, 0.4) is 0 Å². The van der Waals surface area contributed by atoms with Crippen LogP contribution in [-0.2, 0) is 12.8 Å². The molecule has 5 unspecified atom stereocenters. The summed E-state index contributed by atoms with van der Waals surface area (Å²) in [5, 5.41) is 3.26. The van der Waals surface area contributed by atoms with E-state index < -0.39 is 0 Å². The maximum Gasteiger partial charge on any atom is 0.0300 e. The SMILES string of the molecule is CCCC(CC)C1CCC(c2ccc(CCc3ccc(C4CCC(C5CCCCC5)S4)cc3)cc2)S1. The third-order valence-electron chi connectivity index (χ3n) is 9.40. The molecular formula is C34H48S2. The van der Waals surface area contributed by atoms with E-state index in [1.54, 1.807) is 11.1 Å². The molecule has 1 aliphatic carbocycles. The molecule has 0 aromatic heterocycles. The summed E-state index contributed by atoms with van der Waals surface area (Å²) in [5.41, 5.74) is 6.11. The van der Waals surface area contributed by atoms with Crippen molar-refractivity contribution < 1.29 is 0 Å². The summed E-state index contributed by atoms with van der Waals surface area (Å²) >= 11 is 4.57. The Morgan fingerprint density at radius 2 is 1.25 bits per heavy atom. The van der Waals surface area contributed by atoms with Crippen molar-refractivity contribution in [3.63, 3.8) is 0 Å². The summed E-state index contributed by atoms with van der Waals surface area (Å²) in [7, 11) is 0. The van der Waals surface area contributed by atoms with Crippen LogP contribution < -0.4 is 0 Å². The van der Waals surface area contributed by atoms with Gasteiger partial charge in [0.15, 0.2) is 0 Å². The van der Waals surface area contributed by atoms with Gasteiger partial charge in [0.1, 0.15) is 0 Å². The van der Waals surface area contributed by atoms with Crippen LogP contribution in [0.25, 0.3) is 0 Å². The molecule has 2 heteroatoms. The van der Waals surface area contributed by atoms with Crippen molar-refractivity contribution in [1.29, 1.82) is 0 Å². The Kier molecular flexibility index (Phi) is 9.86. The Balaban J connectivity index is 1.08. The zero-order valence-corrected chi connectivity index (χ0v) is 24.4. The van der Waals surface area contributed by atoms with Crippen LogP contribution in [0.4, 0.5) is 0 Å². The molecule has 2 aromatic rings. The second kappa shape index (κ2) is 13.3. The summed E-state index contributed by atoms with van der Waals surface area (Å²) in [4.78, 5) is 0. The number of thioether (sulfide) groups is 2. The van der Waals surface area contributed by atoms with Gasteiger partial charge in [-0.15, -0.1) is 0 Å². The maximum atomic E-state index is 2.44. The van der Waals surface area contributed by atoms with E-state index in [-0.39, 0.29) is 0 Å². The molecule has 0 radical (unpaired) electrons. The van der Waals surface area contributed by atoms with E-state index in [9.17, 15) is 0 Å². The summed E-state index contributed by atoms with van der Waals surface area (Å²) in [5.74, 6) is 1.92. The number of hydrogen-bond acceptors (Lipinski definition) is 2. The molecule has 2 saturated heterocycles. The van der Waals surface area contributed by atoms with E-state index in [0.717, 1.165) is 40.4 Å². The molecule has 36 heavy (non-hydrogen) atoms. The van der Waals surface area contributed by atoms with Crippen molar-refractivity contribution in [3.8, 4) is 0 Å². The number of hydrogen-bond donors (Lipinski definition) is 0. The first-order valence-electron chi connectivity index (χ1n) is 15.2. The summed E-state index contributed by atoms with van der Waals surface area (Å²) in [6, 6.07) is 19.4. The molecule has 5 atom stereocenters. The van der Waals surface area contributed by atoms with E-state index in [1.165, 1.54) is 88.2 Å². The molecule has 3 fully saturated rings. The van der Waals surface area contributed by atoms with Gasteiger partial charge >= 0.3 is 0 Å². The first-order valence-corrected chi connectivity index (χ1v) is 17.1. The Morgan fingerprint density at radius 3 is 1.83 bits per heavy atom. The van der Waals surface area contributed by atoms with Gasteiger partial charge < -0.3 is 0 Å². The number of aryl methyl sites for hydroxylation is 2. The highest BCUT2D eigenvalue weighted by molar-refractivity contribution is 8.00. The zero-order valence-electron chi connectivity index (χ0n) is 22.8. The Bertz CT molecular complexity index is 845. The van der Waals surface area contributed by atoms with Gasteiger partial charge in [-0.25, -0.2) is 0 Å². The molecule has 3 aliphatic rings. The van der Waals surface area contributed by atoms with Crippen LogP contribution in [0.5, 0.6) is 0 Å². The van der Waals surface area contributed by atoms with Crippen LogP contribution >= 0.6 is 23.5 Å². The first kappa shape index (κ1) is 26.7. The maximum absolute atomic E-state index is 2.44. The molecule has 0 amide bonds. The van der Waals surface area contributed by atoms with Crippen LogP contribution in [0, 0.1) is 11.8 Å². The van der Waals surface area contributed by atoms with Gasteiger partial charge in [-0.1, -0.05) is 94.5 Å². The predicted octanol–water partition coefficient (Wildman–Crippen LogP) is 10.8. The molecular weight excluding hydrogens is 473 g/mol. The van der Waals surface area contributed by atoms with Crippen LogP contribution in [0.15, 0.2) is 48.5 Å². The summed E-state index contributed by atoms with van der Waals surface area (Å²) < 4.78 is 0. The molecule has 1 saturated carbocycles. The predicted molar refractivity (Wildman–Crippen MR) is 162 cm³/mol. The minimum atomic E-state index is 0.716. The minimum Gasteiger partial charge on any atom is -0.150 e. The van der Waals surface area contributed by atoms with Gasteiger partial charge in [-0.2, -0.15) is 23.5 Å². The average Bonchev–Trinajstić information content (AvgIpc) is 3.63. The summed E-state index contributed by atoms with van der Waals surface area (Å²) in [6.45, 7) is 4.73. The van der Waals surface area contributed by atoms with E-state index >= 15 is 0 Å². The third kappa shape index (κ3) is 6.76. The van der Waals surface area contributed by atoms with Crippen LogP contribution in [0.1, 0.15) is 124 Å². The van der Waals surface area contributed by atoms with Crippen LogP contribution in [-0.4, -0.2) is 10.5 Å². The van der Waals surface area contributed by atoms with Gasteiger partial charge in [0.05, 0.1) is 0 Å². The highest BCUT2D eigenvalue weighted by atomic mass is 32.2. The standard InChI is InChI=1S/C34H48S2/c1-3-8-27(4-2)31-21-22-33(35-31)29-17-13-25(14-18-29)11-12-26-15-19-30(20-16-26)34-24-23-32(36-34)28-9-6-5-7-10-28/h13-20,27-28,31-34H,3-12,21-24H2,1-2H3. The zero-order chi connectivity index (χ0) is 24.7. The van der Waals surface area contributed by atoms with Gasteiger partial charge in [-0.05, 0) is 91.9 Å². The van der Waals surface area contributed by atoms with Gasteiger partial charge in [0.25, 0.3) is 0 Å². The van der Waals surface area contributed by atoms with Gasteiger partial charge in [0.2, 0.25) is 0 Å². The molecule has 2 aromatic carbocycles. The van der Waals surface area contributed by atoms with Crippen molar-refractivity contribution in [3.05, 3.63) is 70.8 Å². The first-order chi connectivity index (χ1) is 17.7. The van der Waals surface area contributed by atoms with E-state index in [0.29, 0.717) is 5.25 Å². The highest BCUT2D eigenvalue weighted by Crippen LogP contribution is 2.50. The molecule has 0 spiro atoms. The second-order valence-electron chi connectivity index (χ2n) is 11.8. The fourth-order valence-electron chi connectivity index (χ4n) is 7.13. The average molecular weight is 521 g/mol. The van der Waals surface area contributed by atoms with E-state index in [2.05, 4.69) is 85.9 Å². The van der Waals surface area contributed by atoms with E-state index in [1.807, 2.05) is 0 Å². The lowest BCUT2D eigenvalue weighted by Crippen LogP contribution is -2.17. The minimum absolute atomic E-state index is 0.716. The van der Waals surface area contributed by atoms with Crippen molar-refractivity contribution in [2.45, 2.75) is 125 Å². The molecule has 2 heterocycles. The fraction of sp³-hybridized carbons (Fsp3) is 0.647. The summed E-state index contributed by atoms with van der Waals surface area (Å²) in [6.07, 6.45) is 19.4. The lowest BCUT2D eigenvalue weighted by Gasteiger charge is -2.27. The lowest BCUT2D eigenvalue weighted by molar-refractivity contribution is 0.344. The largest absolute Gasteiger partial charge is 0.150 e. The van der Waals surface area contributed by atoms with Crippen LogP contribution in [0.2, 0.25) is 0 Å². The van der Waals surface area contributed by atoms with Crippen molar-refractivity contribution in [2.24, 2.45) is 11.8 Å². The molecule has 2 aliphatic heterocycles. The number of rotatable bonds is 10. The highest BCUT2D eigenvalue weighted by Gasteiger charge is 2.33. The van der Waals surface area contributed by atoms with Gasteiger partial charge in [0, 0.05) is 21.0 Å². The van der Waals surface area contributed by atoms with Crippen molar-refractivity contribution in [2.75, 3.05) is 0 Å². The number of benzene rings is 2. The topological polar surface area (TPSA) is 0 Å². The Labute approximate surface area is 230 Å². The smallest absolute Gasteiger partial charge is 0.0300 e. The molecule has 196 valence electrons. The normalized spacial score (nSPS) is 27.9. The second-order valence-corrected chi connectivity index (χ2v) is 14.7. The lowest BCUT2D eigenvalue weighted by atomic mass is 9.85.